The van der Waals surface area contributed by atoms with Gasteiger partial charge in [-0.05, 0) is 18.2 Å². The molecule has 0 bridgehead atoms. The molecule has 1 aliphatic heterocycles. The number of rotatable bonds is 6. The zero-order valence-corrected chi connectivity index (χ0v) is 14.1. The van der Waals surface area contributed by atoms with Crippen LogP contribution in [0.1, 0.15) is 16.1 Å². The van der Waals surface area contributed by atoms with Crippen LogP contribution >= 0.6 is 0 Å². The van der Waals surface area contributed by atoms with Gasteiger partial charge in [-0.3, -0.25) is 4.79 Å². The van der Waals surface area contributed by atoms with Gasteiger partial charge in [-0.15, -0.1) is 0 Å². The van der Waals surface area contributed by atoms with Crippen molar-refractivity contribution >= 4 is 11.7 Å². The Balaban J connectivity index is 1.90. The topological polar surface area (TPSA) is 92.1 Å². The predicted molar refractivity (Wildman–Crippen MR) is 88.7 cm³/mol. The summed E-state index contributed by atoms with van der Waals surface area (Å²) in [6.45, 7) is 0.148. The van der Waals surface area contributed by atoms with E-state index in [9.17, 15) is 4.79 Å². The number of nitrogens with zero attached hydrogens (tertiary/aromatic N) is 3. The Hall–Kier alpha value is -3.16. The van der Waals surface area contributed by atoms with Crippen LogP contribution in [0.15, 0.2) is 35.7 Å². The molecule has 0 amide bonds. The molecule has 2 aromatic rings. The first-order valence-electron chi connectivity index (χ1n) is 7.49. The lowest BCUT2D eigenvalue weighted by Crippen LogP contribution is -2.20. The standard InChI is InChI=1S/C17H17N3O5/c1-22-13-6-10(7-14(23-2)16(13)24-3)15(21)12-8-25-17(20-12)11-4-5-18-9-19-11/h4-7,9,12H,8H2,1-3H3. The Morgan fingerprint density at radius 1 is 1.16 bits per heavy atom. The summed E-state index contributed by atoms with van der Waals surface area (Å²) in [5, 5.41) is 0. The summed E-state index contributed by atoms with van der Waals surface area (Å²) in [6.07, 6.45) is 2.98. The molecule has 25 heavy (non-hydrogen) atoms. The lowest BCUT2D eigenvalue weighted by atomic mass is 10.0. The highest BCUT2D eigenvalue weighted by Gasteiger charge is 2.29. The number of aromatic nitrogens is 2. The van der Waals surface area contributed by atoms with Gasteiger partial charge in [0.2, 0.25) is 11.6 Å². The van der Waals surface area contributed by atoms with Crippen LogP contribution in [0, 0.1) is 0 Å². The highest BCUT2D eigenvalue weighted by Crippen LogP contribution is 2.38. The summed E-state index contributed by atoms with van der Waals surface area (Å²) >= 11 is 0. The molecule has 0 N–H and O–H groups in total. The van der Waals surface area contributed by atoms with Gasteiger partial charge in [0.1, 0.15) is 18.6 Å². The highest BCUT2D eigenvalue weighted by molar-refractivity contribution is 6.05. The largest absolute Gasteiger partial charge is 0.493 e. The maximum atomic E-state index is 12.8. The quantitative estimate of drug-likeness (QED) is 0.734. The van der Waals surface area contributed by atoms with Crippen molar-refractivity contribution in [3.05, 3.63) is 42.0 Å². The van der Waals surface area contributed by atoms with E-state index < -0.39 is 6.04 Å². The zero-order chi connectivity index (χ0) is 17.8. The Morgan fingerprint density at radius 3 is 2.44 bits per heavy atom. The molecular weight excluding hydrogens is 326 g/mol. The first-order valence-corrected chi connectivity index (χ1v) is 7.49. The molecule has 0 radical (unpaired) electrons. The molecule has 1 aromatic heterocycles. The first kappa shape index (κ1) is 16.7. The number of ketones is 1. The Labute approximate surface area is 144 Å². The van der Waals surface area contributed by atoms with Gasteiger partial charge < -0.3 is 18.9 Å². The lowest BCUT2D eigenvalue weighted by Gasteiger charge is -2.14. The molecule has 8 heteroatoms. The summed E-state index contributed by atoms with van der Waals surface area (Å²) in [6, 6.07) is 4.21. The van der Waals surface area contributed by atoms with Crippen molar-refractivity contribution in [2.24, 2.45) is 4.99 Å². The number of aliphatic imine (C=N–C) groups is 1. The summed E-state index contributed by atoms with van der Waals surface area (Å²) in [5.41, 5.74) is 0.936. The van der Waals surface area contributed by atoms with Crippen LogP contribution in [0.25, 0.3) is 0 Å². The van der Waals surface area contributed by atoms with Crippen molar-refractivity contribution in [1.82, 2.24) is 9.97 Å². The fourth-order valence-corrected chi connectivity index (χ4v) is 2.48. The number of ether oxygens (including phenoxy) is 4. The summed E-state index contributed by atoms with van der Waals surface area (Å²) in [4.78, 5) is 25.0. The monoisotopic (exact) mass is 343 g/mol. The summed E-state index contributed by atoms with van der Waals surface area (Å²) in [7, 11) is 4.50. The number of carbonyl (C=O) groups is 1. The average molecular weight is 343 g/mol. The van der Waals surface area contributed by atoms with Crippen molar-refractivity contribution < 1.29 is 23.7 Å². The number of benzene rings is 1. The third kappa shape index (κ3) is 3.23. The van der Waals surface area contributed by atoms with Gasteiger partial charge in [0, 0.05) is 11.8 Å². The summed E-state index contributed by atoms with van der Waals surface area (Å²) < 4.78 is 21.3. The molecule has 1 aromatic carbocycles. The number of carbonyl (C=O) groups excluding carboxylic acids is 1. The number of methoxy groups -OCH3 is 3. The van der Waals surface area contributed by atoms with Crippen LogP contribution in [-0.4, -0.2) is 55.6 Å². The van der Waals surface area contributed by atoms with E-state index in [0.29, 0.717) is 34.4 Å². The molecule has 0 saturated heterocycles. The summed E-state index contributed by atoms with van der Waals surface area (Å²) in [5.74, 6) is 1.36. The van der Waals surface area contributed by atoms with Crippen LogP contribution in [0.4, 0.5) is 0 Å². The average Bonchev–Trinajstić information content (AvgIpc) is 3.17. The second kappa shape index (κ2) is 7.16. The van der Waals surface area contributed by atoms with Crippen molar-refractivity contribution in [3.8, 4) is 17.2 Å². The molecular formula is C17H17N3O5. The van der Waals surface area contributed by atoms with Gasteiger partial charge in [-0.1, -0.05) is 0 Å². The van der Waals surface area contributed by atoms with Crippen LogP contribution in [0.3, 0.4) is 0 Å². The van der Waals surface area contributed by atoms with Gasteiger partial charge in [0.05, 0.1) is 21.3 Å². The van der Waals surface area contributed by atoms with Gasteiger partial charge in [0.25, 0.3) is 0 Å². The highest BCUT2D eigenvalue weighted by atomic mass is 16.5. The van der Waals surface area contributed by atoms with E-state index in [2.05, 4.69) is 15.0 Å². The van der Waals surface area contributed by atoms with Crippen LogP contribution in [0.5, 0.6) is 17.2 Å². The molecule has 130 valence electrons. The Bertz CT molecular complexity index is 782. The van der Waals surface area contributed by atoms with Crippen molar-refractivity contribution in [3.63, 3.8) is 0 Å². The fourth-order valence-electron chi connectivity index (χ4n) is 2.48. The molecule has 0 aliphatic carbocycles. The maximum absolute atomic E-state index is 12.8. The number of hydrogen-bond donors (Lipinski definition) is 0. The molecule has 2 heterocycles. The van der Waals surface area contributed by atoms with Gasteiger partial charge in [-0.25, -0.2) is 15.0 Å². The van der Waals surface area contributed by atoms with Crippen LogP contribution in [-0.2, 0) is 4.74 Å². The van der Waals surface area contributed by atoms with E-state index in [4.69, 9.17) is 18.9 Å². The van der Waals surface area contributed by atoms with Crippen molar-refractivity contribution in [1.29, 1.82) is 0 Å². The van der Waals surface area contributed by atoms with E-state index in [1.54, 1.807) is 24.4 Å². The fraction of sp³-hybridized carbons (Fsp3) is 0.294. The second-order valence-electron chi connectivity index (χ2n) is 5.13. The molecule has 8 nitrogen and oxygen atoms in total. The van der Waals surface area contributed by atoms with Crippen molar-refractivity contribution in [2.45, 2.75) is 6.04 Å². The Kier molecular flexibility index (Phi) is 4.78. The van der Waals surface area contributed by atoms with E-state index in [-0.39, 0.29) is 12.4 Å². The van der Waals surface area contributed by atoms with E-state index in [1.807, 2.05) is 0 Å². The zero-order valence-electron chi connectivity index (χ0n) is 14.1. The van der Waals surface area contributed by atoms with Crippen molar-refractivity contribution in [2.75, 3.05) is 27.9 Å². The Morgan fingerprint density at radius 2 is 1.88 bits per heavy atom. The smallest absolute Gasteiger partial charge is 0.236 e. The molecule has 1 aliphatic rings. The second-order valence-corrected chi connectivity index (χ2v) is 5.13. The normalized spacial score (nSPS) is 16.0. The van der Waals surface area contributed by atoms with Crippen LogP contribution < -0.4 is 14.2 Å². The lowest BCUT2D eigenvalue weighted by molar-refractivity contribution is 0.0947. The third-order valence-electron chi connectivity index (χ3n) is 3.70. The molecule has 0 fully saturated rings. The molecule has 1 atom stereocenters. The van der Waals surface area contributed by atoms with Gasteiger partial charge in [-0.2, -0.15) is 0 Å². The van der Waals surface area contributed by atoms with Gasteiger partial charge in [0.15, 0.2) is 23.3 Å². The third-order valence-corrected chi connectivity index (χ3v) is 3.70. The number of Topliss-reactive ketones (excluding diaryl/α,β-unsaturated/α-hetero) is 1. The van der Waals surface area contributed by atoms with E-state index >= 15 is 0 Å². The maximum Gasteiger partial charge on any atom is 0.236 e. The van der Waals surface area contributed by atoms with E-state index in [1.165, 1.54) is 27.7 Å². The minimum Gasteiger partial charge on any atom is -0.493 e. The van der Waals surface area contributed by atoms with Crippen LogP contribution in [0.2, 0.25) is 0 Å². The molecule has 0 spiro atoms. The minimum absolute atomic E-state index is 0.148. The van der Waals surface area contributed by atoms with Gasteiger partial charge >= 0.3 is 0 Å². The SMILES string of the molecule is COc1cc(C(=O)C2COC(c3ccncn3)=N2)cc(OC)c1OC. The molecule has 3 rings (SSSR count). The minimum atomic E-state index is -0.659. The predicted octanol–water partition coefficient (Wildman–Crippen LogP) is 1.53. The molecule has 0 saturated carbocycles. The number of hydrogen-bond acceptors (Lipinski definition) is 8. The molecule has 1 unspecified atom stereocenters. The first-order chi connectivity index (χ1) is 12.2. The van der Waals surface area contributed by atoms with E-state index in [0.717, 1.165) is 0 Å².